The van der Waals surface area contributed by atoms with Gasteiger partial charge in [-0.3, -0.25) is 20.0 Å². The number of hydrogen-bond acceptors (Lipinski definition) is 6. The lowest BCUT2D eigenvalue weighted by molar-refractivity contribution is -0.118. The van der Waals surface area contributed by atoms with Gasteiger partial charge in [0.25, 0.3) is 5.91 Å². The number of nitrogens with zero attached hydrogens (tertiary/aromatic N) is 2. The fourth-order valence-corrected chi connectivity index (χ4v) is 1.71. The summed E-state index contributed by atoms with van der Waals surface area (Å²) in [6.45, 7) is 3.55. The second-order valence-corrected chi connectivity index (χ2v) is 4.59. The van der Waals surface area contributed by atoms with Crippen LogP contribution in [0.1, 0.15) is 29.6 Å². The van der Waals surface area contributed by atoms with Gasteiger partial charge in [0.05, 0.1) is 0 Å². The lowest BCUT2D eigenvalue weighted by Gasteiger charge is -2.16. The summed E-state index contributed by atoms with van der Waals surface area (Å²) < 4.78 is 4.87. The number of anilines is 1. The number of carbonyl (C=O) groups excluding carboxylic acids is 2. The molecule has 0 saturated heterocycles. The van der Waals surface area contributed by atoms with Crippen LogP contribution in [0, 0.1) is 6.92 Å². The van der Waals surface area contributed by atoms with Gasteiger partial charge in [0, 0.05) is 12.3 Å². The predicted octanol–water partition coefficient (Wildman–Crippen LogP) is 1.03. The maximum atomic E-state index is 12.1. The minimum absolute atomic E-state index is 0.261. The number of aryl methyl sites for hydroxylation is 1. The summed E-state index contributed by atoms with van der Waals surface area (Å²) in [6.07, 6.45) is 2.00. The Labute approximate surface area is 127 Å². The summed E-state index contributed by atoms with van der Waals surface area (Å²) in [7, 11) is 0. The summed E-state index contributed by atoms with van der Waals surface area (Å²) in [5.74, 6) is 0.194. The van der Waals surface area contributed by atoms with E-state index in [-0.39, 0.29) is 11.6 Å². The quantitative estimate of drug-likeness (QED) is 0.688. The normalized spacial score (nSPS) is 11.7. The van der Waals surface area contributed by atoms with Crippen molar-refractivity contribution in [1.29, 1.82) is 0 Å². The summed E-state index contributed by atoms with van der Waals surface area (Å²) in [5, 5.41) is 6.29. The average Bonchev–Trinajstić information content (AvgIpc) is 2.93. The van der Waals surface area contributed by atoms with Crippen LogP contribution in [0.2, 0.25) is 0 Å². The Morgan fingerprint density at radius 3 is 2.77 bits per heavy atom. The zero-order valence-electron chi connectivity index (χ0n) is 12.3. The molecule has 0 aliphatic rings. The summed E-state index contributed by atoms with van der Waals surface area (Å²) in [5.41, 5.74) is 5.41. The number of rotatable bonds is 6. The molecule has 1 atom stereocenters. The molecule has 0 bridgehead atoms. The number of pyridine rings is 1. The molecule has 0 aliphatic carbocycles. The van der Waals surface area contributed by atoms with E-state index in [4.69, 9.17) is 4.52 Å². The van der Waals surface area contributed by atoms with Crippen LogP contribution in [0.4, 0.5) is 5.82 Å². The highest BCUT2D eigenvalue weighted by atomic mass is 16.5. The van der Waals surface area contributed by atoms with Gasteiger partial charge in [-0.25, -0.2) is 5.43 Å². The first kappa shape index (κ1) is 15.6. The van der Waals surface area contributed by atoms with E-state index in [1.807, 2.05) is 6.92 Å². The Kier molecular flexibility index (Phi) is 5.21. The largest absolute Gasteiger partial charge is 0.360 e. The van der Waals surface area contributed by atoms with E-state index in [0.29, 0.717) is 18.0 Å². The van der Waals surface area contributed by atoms with Crippen molar-refractivity contribution in [2.75, 3.05) is 5.32 Å². The van der Waals surface area contributed by atoms with Gasteiger partial charge >= 0.3 is 0 Å². The van der Waals surface area contributed by atoms with Gasteiger partial charge in [-0.1, -0.05) is 18.1 Å². The third kappa shape index (κ3) is 4.13. The minimum Gasteiger partial charge on any atom is -0.360 e. The van der Waals surface area contributed by atoms with Gasteiger partial charge in [0.15, 0.2) is 5.82 Å². The SMILES string of the molecule is CC[C@H](NNC(=O)c1ccccn1)C(=O)Nc1cc(C)on1. The van der Waals surface area contributed by atoms with E-state index in [9.17, 15) is 9.59 Å². The fraction of sp³-hybridized carbons (Fsp3) is 0.286. The second-order valence-electron chi connectivity index (χ2n) is 4.59. The van der Waals surface area contributed by atoms with Crippen molar-refractivity contribution in [2.24, 2.45) is 0 Å². The fourth-order valence-electron chi connectivity index (χ4n) is 1.71. The number of nitrogens with one attached hydrogen (secondary N) is 3. The molecule has 0 radical (unpaired) electrons. The monoisotopic (exact) mass is 303 g/mol. The molecule has 2 aromatic rings. The molecule has 0 aromatic carbocycles. The molecule has 0 aliphatic heterocycles. The lowest BCUT2D eigenvalue weighted by atomic mass is 10.2. The molecule has 0 saturated carbocycles. The number of hydrogen-bond donors (Lipinski definition) is 3. The van der Waals surface area contributed by atoms with E-state index in [2.05, 4.69) is 26.3 Å². The third-order valence-electron chi connectivity index (χ3n) is 2.86. The highest BCUT2D eigenvalue weighted by Gasteiger charge is 2.18. The summed E-state index contributed by atoms with van der Waals surface area (Å²) in [6, 6.07) is 6.00. The summed E-state index contributed by atoms with van der Waals surface area (Å²) >= 11 is 0. The van der Waals surface area contributed by atoms with Gasteiger partial charge in [-0.05, 0) is 25.5 Å². The van der Waals surface area contributed by atoms with Crippen LogP contribution < -0.4 is 16.2 Å². The molecule has 0 spiro atoms. The van der Waals surface area contributed by atoms with Crippen LogP contribution in [0.15, 0.2) is 35.0 Å². The Bertz CT molecular complexity index is 641. The van der Waals surface area contributed by atoms with E-state index < -0.39 is 11.9 Å². The van der Waals surface area contributed by atoms with E-state index >= 15 is 0 Å². The van der Waals surface area contributed by atoms with E-state index in [1.165, 1.54) is 6.20 Å². The third-order valence-corrected chi connectivity index (χ3v) is 2.86. The minimum atomic E-state index is -0.607. The lowest BCUT2D eigenvalue weighted by Crippen LogP contribution is -2.49. The Morgan fingerprint density at radius 1 is 1.36 bits per heavy atom. The van der Waals surface area contributed by atoms with Crippen molar-refractivity contribution in [3.8, 4) is 0 Å². The molecule has 2 amide bonds. The Balaban J connectivity index is 1.89. The molecule has 3 N–H and O–H groups in total. The Morgan fingerprint density at radius 2 is 2.18 bits per heavy atom. The van der Waals surface area contributed by atoms with Crippen molar-refractivity contribution in [3.05, 3.63) is 41.9 Å². The first-order valence-electron chi connectivity index (χ1n) is 6.81. The standard InChI is InChI=1S/C14H17N5O3/c1-3-10(13(20)16-12-8-9(2)22-19-12)17-18-14(21)11-6-4-5-7-15-11/h4-8,10,17H,3H2,1-2H3,(H,18,21)(H,16,19,20)/t10-/m0/s1. The smallest absolute Gasteiger partial charge is 0.283 e. The number of hydrazine groups is 1. The van der Waals surface area contributed by atoms with Crippen LogP contribution in [-0.4, -0.2) is 28.0 Å². The van der Waals surface area contributed by atoms with Crippen LogP contribution in [0.25, 0.3) is 0 Å². The van der Waals surface area contributed by atoms with Crippen molar-refractivity contribution in [2.45, 2.75) is 26.3 Å². The van der Waals surface area contributed by atoms with Crippen molar-refractivity contribution < 1.29 is 14.1 Å². The molecule has 2 heterocycles. The van der Waals surface area contributed by atoms with Gasteiger partial charge in [0.2, 0.25) is 5.91 Å². The first-order valence-corrected chi connectivity index (χ1v) is 6.81. The molecular weight excluding hydrogens is 286 g/mol. The van der Waals surface area contributed by atoms with Crippen LogP contribution in [-0.2, 0) is 4.79 Å². The molecule has 2 rings (SSSR count). The average molecular weight is 303 g/mol. The number of amides is 2. The maximum Gasteiger partial charge on any atom is 0.283 e. The number of carbonyl (C=O) groups is 2. The first-order chi connectivity index (χ1) is 10.6. The van der Waals surface area contributed by atoms with Crippen LogP contribution >= 0.6 is 0 Å². The highest BCUT2D eigenvalue weighted by molar-refractivity contribution is 5.95. The molecule has 2 aromatic heterocycles. The predicted molar refractivity (Wildman–Crippen MR) is 78.8 cm³/mol. The van der Waals surface area contributed by atoms with Crippen LogP contribution in [0.5, 0.6) is 0 Å². The zero-order valence-corrected chi connectivity index (χ0v) is 12.3. The van der Waals surface area contributed by atoms with Gasteiger partial charge in [0.1, 0.15) is 17.5 Å². The zero-order chi connectivity index (χ0) is 15.9. The molecule has 0 fully saturated rings. The number of aromatic nitrogens is 2. The van der Waals surface area contributed by atoms with E-state index in [0.717, 1.165) is 0 Å². The molecule has 0 unspecified atom stereocenters. The molecule has 22 heavy (non-hydrogen) atoms. The highest BCUT2D eigenvalue weighted by Crippen LogP contribution is 2.07. The topological polar surface area (TPSA) is 109 Å². The van der Waals surface area contributed by atoms with Gasteiger partial charge in [-0.2, -0.15) is 0 Å². The molecule has 8 nitrogen and oxygen atoms in total. The molecular formula is C14H17N5O3. The van der Waals surface area contributed by atoms with E-state index in [1.54, 1.807) is 31.2 Å². The van der Waals surface area contributed by atoms with Gasteiger partial charge in [-0.15, -0.1) is 0 Å². The van der Waals surface area contributed by atoms with Crippen molar-refractivity contribution in [1.82, 2.24) is 21.0 Å². The second kappa shape index (κ2) is 7.32. The Hall–Kier alpha value is -2.74. The van der Waals surface area contributed by atoms with Crippen molar-refractivity contribution in [3.63, 3.8) is 0 Å². The maximum absolute atomic E-state index is 12.1. The van der Waals surface area contributed by atoms with Gasteiger partial charge < -0.3 is 9.84 Å². The molecule has 8 heteroatoms. The molecule has 116 valence electrons. The summed E-state index contributed by atoms with van der Waals surface area (Å²) in [4.78, 5) is 27.9. The van der Waals surface area contributed by atoms with Crippen molar-refractivity contribution >= 4 is 17.6 Å². The van der Waals surface area contributed by atoms with Crippen LogP contribution in [0.3, 0.4) is 0 Å².